The van der Waals surface area contributed by atoms with Gasteiger partial charge < -0.3 is 25.7 Å². The van der Waals surface area contributed by atoms with Gasteiger partial charge in [0.05, 0.1) is 19.3 Å². The van der Waals surface area contributed by atoms with Crippen LogP contribution in [0.1, 0.15) is 5.56 Å². The molecular weight excluding hydrogens is 258 g/mol. The topological polar surface area (TPSA) is 84.8 Å². The Kier molecular flexibility index (Phi) is 6.44. The number of aryl methyl sites for hydroxylation is 1. The maximum Gasteiger partial charge on any atom is 0.238 e. The van der Waals surface area contributed by atoms with Crippen molar-refractivity contribution in [1.82, 2.24) is 4.90 Å². The number of hydrogen-bond donors (Lipinski definition) is 4. The van der Waals surface area contributed by atoms with Crippen LogP contribution in [0.3, 0.4) is 0 Å². The van der Waals surface area contributed by atoms with Gasteiger partial charge in [-0.3, -0.25) is 4.79 Å². The number of carbonyl (C=O) groups excluding carboxylic acids is 1. The highest BCUT2D eigenvalue weighted by Gasteiger charge is 2.07. The van der Waals surface area contributed by atoms with Crippen molar-refractivity contribution in [1.29, 1.82) is 0 Å². The summed E-state index contributed by atoms with van der Waals surface area (Å²) >= 11 is 0. The van der Waals surface area contributed by atoms with Crippen LogP contribution in [0.5, 0.6) is 0 Å². The van der Waals surface area contributed by atoms with Crippen molar-refractivity contribution in [2.45, 2.75) is 13.0 Å². The first-order chi connectivity index (χ1) is 9.42. The summed E-state index contributed by atoms with van der Waals surface area (Å²) in [5, 5.41) is 23.9. The standard InChI is InChI=1S/C14H23N3O3/c1-10-6-11(15-7-12(19)9-18)4-5-13(10)16-14(20)8-17(2)3/h4-6,12,15,18-19H,7-9H2,1-3H3,(H,16,20). The zero-order valence-electron chi connectivity index (χ0n) is 12.2. The number of rotatable bonds is 7. The summed E-state index contributed by atoms with van der Waals surface area (Å²) in [6.07, 6.45) is -0.783. The molecule has 1 atom stereocenters. The zero-order valence-corrected chi connectivity index (χ0v) is 12.2. The van der Waals surface area contributed by atoms with Crippen molar-refractivity contribution in [3.05, 3.63) is 23.8 Å². The van der Waals surface area contributed by atoms with E-state index in [4.69, 9.17) is 5.11 Å². The lowest BCUT2D eigenvalue weighted by atomic mass is 10.1. The number of benzene rings is 1. The summed E-state index contributed by atoms with van der Waals surface area (Å²) in [7, 11) is 3.68. The van der Waals surface area contributed by atoms with Crippen LogP contribution in [0.25, 0.3) is 0 Å². The van der Waals surface area contributed by atoms with Crippen molar-refractivity contribution < 1.29 is 15.0 Å². The molecule has 1 aromatic rings. The van der Waals surface area contributed by atoms with Crippen molar-refractivity contribution in [3.8, 4) is 0 Å². The van der Waals surface area contributed by atoms with E-state index in [9.17, 15) is 9.90 Å². The van der Waals surface area contributed by atoms with Crippen LogP contribution in [0, 0.1) is 6.92 Å². The number of aliphatic hydroxyl groups is 2. The predicted molar refractivity (Wildman–Crippen MR) is 79.9 cm³/mol. The van der Waals surface area contributed by atoms with Gasteiger partial charge in [0.2, 0.25) is 5.91 Å². The minimum absolute atomic E-state index is 0.0606. The number of hydrogen-bond acceptors (Lipinski definition) is 5. The second kappa shape index (κ2) is 7.84. The fourth-order valence-electron chi connectivity index (χ4n) is 1.69. The number of nitrogens with zero attached hydrogens (tertiary/aromatic N) is 1. The van der Waals surface area contributed by atoms with Crippen molar-refractivity contribution in [3.63, 3.8) is 0 Å². The molecule has 1 unspecified atom stereocenters. The van der Waals surface area contributed by atoms with Gasteiger partial charge in [-0.25, -0.2) is 0 Å². The lowest BCUT2D eigenvalue weighted by Crippen LogP contribution is -2.27. The van der Waals surface area contributed by atoms with Crippen LogP contribution in [0.2, 0.25) is 0 Å². The van der Waals surface area contributed by atoms with Gasteiger partial charge >= 0.3 is 0 Å². The van der Waals surface area contributed by atoms with E-state index in [1.54, 1.807) is 4.90 Å². The Balaban J connectivity index is 2.61. The van der Waals surface area contributed by atoms with Crippen LogP contribution in [-0.2, 0) is 4.79 Å². The Morgan fingerprint density at radius 2 is 2.10 bits per heavy atom. The molecule has 0 aromatic heterocycles. The summed E-state index contributed by atoms with van der Waals surface area (Å²) in [5.74, 6) is -0.0606. The Hall–Kier alpha value is -1.63. The highest BCUT2D eigenvalue weighted by Crippen LogP contribution is 2.19. The van der Waals surface area contributed by atoms with E-state index in [0.717, 1.165) is 16.9 Å². The van der Waals surface area contributed by atoms with Gasteiger partial charge in [0.25, 0.3) is 0 Å². The molecule has 0 heterocycles. The molecule has 1 aromatic carbocycles. The number of aliphatic hydroxyl groups excluding tert-OH is 2. The van der Waals surface area contributed by atoms with Crippen LogP contribution < -0.4 is 10.6 Å². The Morgan fingerprint density at radius 1 is 1.40 bits per heavy atom. The van der Waals surface area contributed by atoms with Crippen LogP contribution in [0.4, 0.5) is 11.4 Å². The van der Waals surface area contributed by atoms with E-state index >= 15 is 0 Å². The van der Waals surface area contributed by atoms with E-state index in [1.807, 2.05) is 39.2 Å². The molecule has 1 amide bonds. The lowest BCUT2D eigenvalue weighted by Gasteiger charge is -2.14. The van der Waals surface area contributed by atoms with E-state index < -0.39 is 6.10 Å². The molecule has 0 radical (unpaired) electrons. The van der Waals surface area contributed by atoms with Gasteiger partial charge in [-0.15, -0.1) is 0 Å². The van der Waals surface area contributed by atoms with E-state index in [0.29, 0.717) is 6.54 Å². The molecule has 6 nitrogen and oxygen atoms in total. The molecule has 4 N–H and O–H groups in total. The Morgan fingerprint density at radius 3 is 2.65 bits per heavy atom. The lowest BCUT2D eigenvalue weighted by molar-refractivity contribution is -0.116. The Bertz CT molecular complexity index is 449. The molecule has 0 aliphatic heterocycles. The monoisotopic (exact) mass is 281 g/mol. The SMILES string of the molecule is Cc1cc(NCC(O)CO)ccc1NC(=O)CN(C)C. The minimum atomic E-state index is -0.783. The van der Waals surface area contributed by atoms with Gasteiger partial charge in [-0.2, -0.15) is 0 Å². The molecule has 1 rings (SSSR count). The molecule has 20 heavy (non-hydrogen) atoms. The van der Waals surface area contributed by atoms with Crippen molar-refractivity contribution >= 4 is 17.3 Å². The third kappa shape index (κ3) is 5.56. The maximum atomic E-state index is 11.7. The average Bonchev–Trinajstić information content (AvgIpc) is 2.37. The predicted octanol–water partition coefficient (Wildman–Crippen LogP) is 0.260. The average molecular weight is 281 g/mol. The molecule has 0 aliphatic carbocycles. The van der Waals surface area contributed by atoms with Crippen LogP contribution >= 0.6 is 0 Å². The first-order valence-electron chi connectivity index (χ1n) is 6.50. The molecule has 6 heteroatoms. The van der Waals surface area contributed by atoms with Gasteiger partial charge in [-0.1, -0.05) is 0 Å². The molecule has 112 valence electrons. The third-order valence-corrected chi connectivity index (χ3v) is 2.71. The quantitative estimate of drug-likeness (QED) is 0.576. The van der Waals surface area contributed by atoms with Gasteiger partial charge in [-0.05, 0) is 44.8 Å². The summed E-state index contributed by atoms with van der Waals surface area (Å²) in [6, 6.07) is 5.52. The normalized spacial score (nSPS) is 12.3. The number of amides is 1. The highest BCUT2D eigenvalue weighted by molar-refractivity contribution is 5.93. The van der Waals surface area contributed by atoms with E-state index in [1.165, 1.54) is 0 Å². The smallest absolute Gasteiger partial charge is 0.238 e. The summed E-state index contributed by atoms with van der Waals surface area (Å²) in [5.41, 5.74) is 2.53. The maximum absolute atomic E-state index is 11.7. The molecule has 0 saturated carbocycles. The number of anilines is 2. The van der Waals surface area contributed by atoms with Crippen molar-refractivity contribution in [2.75, 3.05) is 44.4 Å². The highest BCUT2D eigenvalue weighted by atomic mass is 16.3. The van der Waals surface area contributed by atoms with E-state index in [2.05, 4.69) is 10.6 Å². The van der Waals surface area contributed by atoms with E-state index in [-0.39, 0.29) is 19.1 Å². The summed E-state index contributed by atoms with van der Waals surface area (Å²) in [6.45, 7) is 2.24. The molecule has 0 spiro atoms. The molecule has 0 aliphatic rings. The minimum Gasteiger partial charge on any atom is -0.394 e. The van der Waals surface area contributed by atoms with Crippen molar-refractivity contribution in [2.24, 2.45) is 0 Å². The van der Waals surface area contributed by atoms with Gasteiger partial charge in [0.15, 0.2) is 0 Å². The number of nitrogens with one attached hydrogen (secondary N) is 2. The number of carbonyl (C=O) groups is 1. The molecule has 0 fully saturated rings. The van der Waals surface area contributed by atoms with Gasteiger partial charge in [0, 0.05) is 17.9 Å². The first-order valence-corrected chi connectivity index (χ1v) is 6.50. The molecule has 0 bridgehead atoms. The Labute approximate surface area is 119 Å². The first kappa shape index (κ1) is 16.4. The molecular formula is C14H23N3O3. The molecule has 0 saturated heterocycles. The fraction of sp³-hybridized carbons (Fsp3) is 0.500. The third-order valence-electron chi connectivity index (χ3n) is 2.71. The largest absolute Gasteiger partial charge is 0.394 e. The van der Waals surface area contributed by atoms with Crippen LogP contribution in [-0.4, -0.2) is 60.9 Å². The summed E-state index contributed by atoms with van der Waals surface area (Å²) < 4.78 is 0. The summed E-state index contributed by atoms with van der Waals surface area (Å²) in [4.78, 5) is 13.5. The zero-order chi connectivity index (χ0) is 15.1. The second-order valence-electron chi connectivity index (χ2n) is 5.03. The van der Waals surface area contributed by atoms with Gasteiger partial charge in [0.1, 0.15) is 0 Å². The second-order valence-corrected chi connectivity index (χ2v) is 5.03. The number of likely N-dealkylation sites (N-methyl/N-ethyl adjacent to an activating group) is 1. The fourth-order valence-corrected chi connectivity index (χ4v) is 1.69. The van der Waals surface area contributed by atoms with Crippen LogP contribution in [0.15, 0.2) is 18.2 Å².